The van der Waals surface area contributed by atoms with E-state index in [4.69, 9.17) is 9.41 Å². The average Bonchev–Trinajstić information content (AvgIpc) is 3.24. The van der Waals surface area contributed by atoms with E-state index in [0.29, 0.717) is 13.1 Å². The minimum absolute atomic E-state index is 0.0219. The molecule has 0 atom stereocenters. The third kappa shape index (κ3) is 4.72. The van der Waals surface area contributed by atoms with Gasteiger partial charge < -0.3 is 15.1 Å². The first-order valence-electron chi connectivity index (χ1n) is 8.63. The molecule has 1 heterocycles. The zero-order valence-corrected chi connectivity index (χ0v) is 14.3. The van der Waals surface area contributed by atoms with Gasteiger partial charge in [0.25, 0.3) is 0 Å². The summed E-state index contributed by atoms with van der Waals surface area (Å²) in [7, 11) is 0. The van der Waals surface area contributed by atoms with Gasteiger partial charge in [0.2, 0.25) is 0 Å². The highest BCUT2D eigenvalue weighted by molar-refractivity contribution is 5.80. The summed E-state index contributed by atoms with van der Waals surface area (Å²) in [5, 5.41) is 6.54. The molecular weight excluding hydrogens is 317 g/mol. The largest absolute Gasteiger partial charge is 0.469 e. The van der Waals surface area contributed by atoms with E-state index < -0.39 is 0 Å². The van der Waals surface area contributed by atoms with Crippen LogP contribution < -0.4 is 10.6 Å². The van der Waals surface area contributed by atoms with Gasteiger partial charge in [-0.1, -0.05) is 18.2 Å². The molecule has 2 N–H and O–H groups in total. The van der Waals surface area contributed by atoms with Crippen molar-refractivity contribution in [1.29, 1.82) is 0 Å². The van der Waals surface area contributed by atoms with Gasteiger partial charge in [0.15, 0.2) is 5.96 Å². The Hall–Kier alpha value is -2.56. The standard InChI is InChI=1S/C20H24FN3O/c1-2-11-22-19(23-12-8-18-7-4-13-25-18)24-15-20(9-10-20)16-5-3-6-17(21)14-16/h2-7,13-14H,1,8-12,15H2,(H2,22,23,24). The van der Waals surface area contributed by atoms with Gasteiger partial charge in [-0.15, -0.1) is 6.58 Å². The maximum absolute atomic E-state index is 13.5. The number of halogens is 1. The third-order valence-corrected chi connectivity index (χ3v) is 4.49. The molecule has 1 fully saturated rings. The molecule has 0 spiro atoms. The van der Waals surface area contributed by atoms with Crippen molar-refractivity contribution in [2.75, 3.05) is 19.6 Å². The highest BCUT2D eigenvalue weighted by atomic mass is 19.1. The molecule has 132 valence electrons. The molecule has 1 aromatic carbocycles. The van der Waals surface area contributed by atoms with Crippen LogP contribution in [0, 0.1) is 5.82 Å². The van der Waals surface area contributed by atoms with Crippen LogP contribution in [0.3, 0.4) is 0 Å². The van der Waals surface area contributed by atoms with Crippen molar-refractivity contribution in [3.05, 3.63) is 72.5 Å². The molecule has 0 amide bonds. The molecule has 0 radical (unpaired) electrons. The second-order valence-corrected chi connectivity index (χ2v) is 6.38. The second kappa shape index (κ2) is 8.01. The molecule has 25 heavy (non-hydrogen) atoms. The Morgan fingerprint density at radius 2 is 2.16 bits per heavy atom. The Bertz CT molecular complexity index is 720. The van der Waals surface area contributed by atoms with Gasteiger partial charge in [-0.3, -0.25) is 4.99 Å². The Labute approximate surface area is 147 Å². The van der Waals surface area contributed by atoms with Crippen LogP contribution in [0.1, 0.15) is 24.2 Å². The average molecular weight is 341 g/mol. The number of nitrogens with one attached hydrogen (secondary N) is 2. The maximum Gasteiger partial charge on any atom is 0.191 e. The molecular formula is C20H24FN3O. The highest BCUT2D eigenvalue weighted by Crippen LogP contribution is 2.48. The molecule has 5 heteroatoms. The normalized spacial score (nSPS) is 15.6. The van der Waals surface area contributed by atoms with Crippen molar-refractivity contribution in [2.24, 2.45) is 4.99 Å². The van der Waals surface area contributed by atoms with Crippen LogP contribution >= 0.6 is 0 Å². The Morgan fingerprint density at radius 1 is 1.28 bits per heavy atom. The van der Waals surface area contributed by atoms with Gasteiger partial charge >= 0.3 is 0 Å². The van der Waals surface area contributed by atoms with E-state index >= 15 is 0 Å². The summed E-state index contributed by atoms with van der Waals surface area (Å²) < 4.78 is 18.8. The fourth-order valence-electron chi connectivity index (χ4n) is 2.84. The van der Waals surface area contributed by atoms with Crippen LogP contribution in [-0.2, 0) is 11.8 Å². The highest BCUT2D eigenvalue weighted by Gasteiger charge is 2.44. The molecule has 0 bridgehead atoms. The lowest BCUT2D eigenvalue weighted by molar-refractivity contribution is 0.506. The minimum Gasteiger partial charge on any atom is -0.469 e. The molecule has 1 aliphatic carbocycles. The Balaban J connectivity index is 1.60. The molecule has 2 aromatic rings. The van der Waals surface area contributed by atoms with Crippen LogP contribution in [0.25, 0.3) is 0 Å². The first kappa shape index (κ1) is 17.3. The lowest BCUT2D eigenvalue weighted by Crippen LogP contribution is -2.39. The van der Waals surface area contributed by atoms with E-state index in [0.717, 1.165) is 43.1 Å². The molecule has 0 aliphatic heterocycles. The first-order chi connectivity index (χ1) is 12.2. The van der Waals surface area contributed by atoms with Crippen molar-refractivity contribution in [2.45, 2.75) is 24.7 Å². The van der Waals surface area contributed by atoms with Gasteiger partial charge in [-0.05, 0) is 42.7 Å². The number of hydrogen-bond donors (Lipinski definition) is 2. The Morgan fingerprint density at radius 3 is 2.84 bits per heavy atom. The van der Waals surface area contributed by atoms with Crippen molar-refractivity contribution in [3.63, 3.8) is 0 Å². The molecule has 1 aliphatic rings. The zero-order valence-electron chi connectivity index (χ0n) is 14.3. The number of nitrogens with zero attached hydrogens (tertiary/aromatic N) is 1. The molecule has 0 unspecified atom stereocenters. The number of guanidine groups is 1. The summed E-state index contributed by atoms with van der Waals surface area (Å²) in [5.74, 6) is 1.50. The van der Waals surface area contributed by atoms with Crippen LogP contribution in [0.4, 0.5) is 4.39 Å². The van der Waals surface area contributed by atoms with Crippen molar-refractivity contribution >= 4 is 5.96 Å². The lowest BCUT2D eigenvalue weighted by atomic mass is 9.96. The topological polar surface area (TPSA) is 49.6 Å². The van der Waals surface area contributed by atoms with Gasteiger partial charge in [-0.25, -0.2) is 4.39 Å². The smallest absolute Gasteiger partial charge is 0.191 e. The monoisotopic (exact) mass is 341 g/mol. The number of benzene rings is 1. The van der Waals surface area contributed by atoms with E-state index in [9.17, 15) is 4.39 Å². The lowest BCUT2D eigenvalue weighted by Gasteiger charge is -2.16. The summed E-state index contributed by atoms with van der Waals surface area (Å²) in [6.45, 7) is 5.74. The van der Waals surface area contributed by atoms with E-state index in [1.54, 1.807) is 24.5 Å². The van der Waals surface area contributed by atoms with E-state index in [1.165, 1.54) is 6.07 Å². The van der Waals surface area contributed by atoms with Crippen molar-refractivity contribution in [3.8, 4) is 0 Å². The van der Waals surface area contributed by atoms with Crippen LogP contribution in [0.15, 0.2) is 64.7 Å². The summed E-state index contributed by atoms with van der Waals surface area (Å²) in [5.41, 5.74) is 1.02. The van der Waals surface area contributed by atoms with E-state index in [2.05, 4.69) is 17.2 Å². The molecule has 1 aromatic heterocycles. The predicted octanol–water partition coefficient (Wildman–Crippen LogP) is 3.41. The first-order valence-corrected chi connectivity index (χ1v) is 8.63. The van der Waals surface area contributed by atoms with E-state index in [-0.39, 0.29) is 11.2 Å². The fraction of sp³-hybridized carbons (Fsp3) is 0.350. The fourth-order valence-corrected chi connectivity index (χ4v) is 2.84. The molecule has 0 saturated heterocycles. The Kier molecular flexibility index (Phi) is 5.53. The summed E-state index contributed by atoms with van der Waals surface area (Å²) in [6, 6.07) is 10.7. The summed E-state index contributed by atoms with van der Waals surface area (Å²) in [6.07, 6.45) is 6.35. The number of hydrogen-bond acceptors (Lipinski definition) is 2. The van der Waals surface area contributed by atoms with Crippen molar-refractivity contribution < 1.29 is 8.81 Å². The SMILES string of the molecule is C=CCNC(=NCC1(c2cccc(F)c2)CC1)NCCc1ccco1. The number of aliphatic imine (C=N–C) groups is 1. The minimum atomic E-state index is -0.186. The quantitative estimate of drug-likeness (QED) is 0.439. The zero-order chi connectivity index (χ0) is 17.5. The number of furan rings is 1. The van der Waals surface area contributed by atoms with Crippen LogP contribution in [-0.4, -0.2) is 25.6 Å². The summed E-state index contributed by atoms with van der Waals surface area (Å²) in [4.78, 5) is 4.71. The van der Waals surface area contributed by atoms with Gasteiger partial charge in [0.05, 0.1) is 12.8 Å². The predicted molar refractivity (Wildman–Crippen MR) is 98.2 cm³/mol. The van der Waals surface area contributed by atoms with Crippen LogP contribution in [0.5, 0.6) is 0 Å². The van der Waals surface area contributed by atoms with E-state index in [1.807, 2.05) is 18.2 Å². The molecule has 1 saturated carbocycles. The van der Waals surface area contributed by atoms with Gasteiger partial charge in [0, 0.05) is 24.9 Å². The number of rotatable bonds is 8. The van der Waals surface area contributed by atoms with Gasteiger partial charge in [-0.2, -0.15) is 0 Å². The van der Waals surface area contributed by atoms with Crippen molar-refractivity contribution in [1.82, 2.24) is 10.6 Å². The maximum atomic E-state index is 13.5. The second-order valence-electron chi connectivity index (χ2n) is 6.38. The van der Waals surface area contributed by atoms with Gasteiger partial charge in [0.1, 0.15) is 11.6 Å². The third-order valence-electron chi connectivity index (χ3n) is 4.49. The summed E-state index contributed by atoms with van der Waals surface area (Å²) >= 11 is 0. The van der Waals surface area contributed by atoms with Crippen LogP contribution in [0.2, 0.25) is 0 Å². The molecule has 4 nitrogen and oxygen atoms in total. The molecule has 3 rings (SSSR count).